The minimum Gasteiger partial charge on any atom is -0.465 e. The van der Waals surface area contributed by atoms with Gasteiger partial charge in [-0.05, 0) is 36.1 Å². The lowest BCUT2D eigenvalue weighted by Gasteiger charge is -2.14. The fraction of sp³-hybridized carbons (Fsp3) is 0.316. The molecule has 1 aromatic heterocycles. The maximum absolute atomic E-state index is 12.1. The number of anilines is 1. The molecule has 26 heavy (non-hydrogen) atoms. The Bertz CT molecular complexity index is 760. The molecule has 0 spiro atoms. The summed E-state index contributed by atoms with van der Waals surface area (Å²) in [5, 5.41) is 13.5. The van der Waals surface area contributed by atoms with Crippen LogP contribution >= 0.6 is 0 Å². The average Bonchev–Trinajstić information content (AvgIpc) is 2.61. The van der Waals surface area contributed by atoms with Crippen molar-refractivity contribution in [1.29, 1.82) is 0 Å². The van der Waals surface area contributed by atoms with Crippen LogP contribution in [0.4, 0.5) is 10.5 Å². The number of pyridine rings is 1. The van der Waals surface area contributed by atoms with E-state index in [1.54, 1.807) is 19.1 Å². The van der Waals surface area contributed by atoms with Crippen molar-refractivity contribution in [2.24, 2.45) is 0 Å². The summed E-state index contributed by atoms with van der Waals surface area (Å²) >= 11 is 0. The Morgan fingerprint density at radius 1 is 1.23 bits per heavy atom. The van der Waals surface area contributed by atoms with Crippen LogP contribution in [0.5, 0.6) is 11.6 Å². The molecule has 0 saturated carbocycles. The van der Waals surface area contributed by atoms with Crippen LogP contribution in [-0.2, 0) is 4.79 Å². The molecular formula is C19H23N3O4. The summed E-state index contributed by atoms with van der Waals surface area (Å²) in [4.78, 5) is 26.9. The molecule has 0 aliphatic carbocycles. The minimum absolute atomic E-state index is 0.346. The molecule has 2 aromatic rings. The van der Waals surface area contributed by atoms with Gasteiger partial charge in [-0.15, -0.1) is 0 Å². The highest BCUT2D eigenvalue weighted by atomic mass is 16.5. The van der Waals surface area contributed by atoms with E-state index in [1.807, 2.05) is 24.3 Å². The number of hydrogen-bond acceptors (Lipinski definition) is 4. The van der Waals surface area contributed by atoms with Crippen LogP contribution in [0.25, 0.3) is 0 Å². The van der Waals surface area contributed by atoms with Crippen molar-refractivity contribution in [3.05, 3.63) is 48.2 Å². The van der Waals surface area contributed by atoms with Gasteiger partial charge in [0.05, 0.1) is 11.9 Å². The molecule has 0 bridgehead atoms. The minimum atomic E-state index is -1.24. The van der Waals surface area contributed by atoms with Gasteiger partial charge in [0.25, 0.3) is 0 Å². The van der Waals surface area contributed by atoms with Gasteiger partial charge in [-0.2, -0.15) is 0 Å². The Morgan fingerprint density at radius 3 is 2.58 bits per heavy atom. The van der Waals surface area contributed by atoms with Crippen molar-refractivity contribution in [2.75, 3.05) is 5.32 Å². The number of benzene rings is 1. The molecule has 3 N–H and O–H groups in total. The molecule has 138 valence electrons. The molecule has 0 unspecified atom stereocenters. The Morgan fingerprint density at radius 2 is 2.00 bits per heavy atom. The van der Waals surface area contributed by atoms with Crippen molar-refractivity contribution in [3.63, 3.8) is 0 Å². The third-order valence-electron chi connectivity index (χ3n) is 3.77. The molecule has 0 aliphatic heterocycles. The molecule has 0 saturated heterocycles. The predicted molar refractivity (Wildman–Crippen MR) is 98.7 cm³/mol. The van der Waals surface area contributed by atoms with Gasteiger partial charge in [0.15, 0.2) is 0 Å². The SMILES string of the molecule is CC[C@@H](NC(=O)O)C(=O)Nc1ccc(Oc2cccc(C(C)C)c2)nc1. The lowest BCUT2D eigenvalue weighted by molar-refractivity contribution is -0.118. The zero-order chi connectivity index (χ0) is 19.1. The van der Waals surface area contributed by atoms with Crippen LogP contribution in [0, 0.1) is 0 Å². The van der Waals surface area contributed by atoms with Crippen molar-refractivity contribution in [3.8, 4) is 11.6 Å². The van der Waals surface area contributed by atoms with E-state index in [1.165, 1.54) is 11.8 Å². The summed E-state index contributed by atoms with van der Waals surface area (Å²) in [6.07, 6.45) is 0.573. The summed E-state index contributed by atoms with van der Waals surface area (Å²) in [5.74, 6) is 1.06. The number of ether oxygens (including phenoxy) is 1. The zero-order valence-electron chi connectivity index (χ0n) is 15.0. The lowest BCUT2D eigenvalue weighted by atomic mass is 10.0. The molecule has 7 nitrogen and oxygen atoms in total. The predicted octanol–water partition coefficient (Wildman–Crippen LogP) is 3.98. The summed E-state index contributed by atoms with van der Waals surface area (Å²) in [7, 11) is 0. The molecule has 0 aliphatic rings. The standard InChI is InChI=1S/C19H23N3O4/c1-4-16(22-19(24)25)18(23)21-14-8-9-17(20-11-14)26-15-7-5-6-13(10-15)12(2)3/h5-12,16,22H,4H2,1-3H3,(H,21,23)(H,24,25)/t16-/m1/s1. The first-order valence-electron chi connectivity index (χ1n) is 8.43. The Labute approximate surface area is 152 Å². The highest BCUT2D eigenvalue weighted by molar-refractivity contribution is 5.96. The topological polar surface area (TPSA) is 101 Å². The fourth-order valence-electron chi connectivity index (χ4n) is 2.30. The molecule has 2 rings (SSSR count). The monoisotopic (exact) mass is 357 g/mol. The number of hydrogen-bond donors (Lipinski definition) is 3. The molecule has 1 heterocycles. The quantitative estimate of drug-likeness (QED) is 0.696. The number of nitrogens with one attached hydrogen (secondary N) is 2. The molecule has 7 heteroatoms. The smallest absolute Gasteiger partial charge is 0.405 e. The van der Waals surface area contributed by atoms with Crippen molar-refractivity contribution < 1.29 is 19.4 Å². The number of carbonyl (C=O) groups is 2. The van der Waals surface area contributed by atoms with E-state index >= 15 is 0 Å². The second-order valence-electron chi connectivity index (χ2n) is 6.11. The van der Waals surface area contributed by atoms with Crippen LogP contribution < -0.4 is 15.4 Å². The first-order valence-corrected chi connectivity index (χ1v) is 8.43. The Hall–Kier alpha value is -3.09. The maximum atomic E-state index is 12.1. The number of carbonyl (C=O) groups excluding carboxylic acids is 1. The molecule has 1 aromatic carbocycles. The Balaban J connectivity index is 2.00. The number of aromatic nitrogens is 1. The highest BCUT2D eigenvalue weighted by Gasteiger charge is 2.18. The lowest BCUT2D eigenvalue weighted by Crippen LogP contribution is -2.42. The summed E-state index contributed by atoms with van der Waals surface area (Å²) in [6.45, 7) is 5.94. The summed E-state index contributed by atoms with van der Waals surface area (Å²) in [6, 6.07) is 10.3. The van der Waals surface area contributed by atoms with Crippen LogP contribution in [0.1, 0.15) is 38.7 Å². The second kappa shape index (κ2) is 8.84. The number of carboxylic acid groups (broad SMARTS) is 1. The maximum Gasteiger partial charge on any atom is 0.405 e. The van der Waals surface area contributed by atoms with Crippen molar-refractivity contribution in [1.82, 2.24) is 10.3 Å². The first kappa shape index (κ1) is 19.2. The van der Waals surface area contributed by atoms with E-state index in [2.05, 4.69) is 29.5 Å². The van der Waals surface area contributed by atoms with Gasteiger partial charge in [0, 0.05) is 6.07 Å². The molecule has 2 amide bonds. The van der Waals surface area contributed by atoms with E-state index in [0.717, 1.165) is 0 Å². The molecule has 0 radical (unpaired) electrons. The largest absolute Gasteiger partial charge is 0.465 e. The van der Waals surface area contributed by atoms with E-state index < -0.39 is 18.0 Å². The number of nitrogens with zero attached hydrogens (tertiary/aromatic N) is 1. The first-order chi connectivity index (χ1) is 12.4. The average molecular weight is 357 g/mol. The van der Waals surface area contributed by atoms with Crippen LogP contribution in [-0.4, -0.2) is 28.1 Å². The summed E-state index contributed by atoms with van der Waals surface area (Å²) < 4.78 is 5.74. The van der Waals surface area contributed by atoms with Gasteiger partial charge in [-0.1, -0.05) is 32.9 Å². The van der Waals surface area contributed by atoms with Gasteiger partial charge in [-0.3, -0.25) is 4.79 Å². The van der Waals surface area contributed by atoms with Crippen molar-refractivity contribution in [2.45, 2.75) is 39.2 Å². The summed E-state index contributed by atoms with van der Waals surface area (Å²) in [5.41, 5.74) is 1.63. The zero-order valence-corrected chi connectivity index (χ0v) is 15.0. The van der Waals surface area contributed by atoms with E-state index in [9.17, 15) is 9.59 Å². The van der Waals surface area contributed by atoms with Crippen molar-refractivity contribution >= 4 is 17.7 Å². The molecular weight excluding hydrogens is 334 g/mol. The number of amides is 2. The second-order valence-corrected chi connectivity index (χ2v) is 6.11. The Kier molecular flexibility index (Phi) is 6.54. The van der Waals surface area contributed by atoms with Gasteiger partial charge in [0.1, 0.15) is 11.8 Å². The van der Waals surface area contributed by atoms with Gasteiger partial charge >= 0.3 is 6.09 Å². The highest BCUT2D eigenvalue weighted by Crippen LogP contribution is 2.24. The van der Waals surface area contributed by atoms with E-state index in [-0.39, 0.29) is 0 Å². The van der Waals surface area contributed by atoms with Crippen LogP contribution in [0.3, 0.4) is 0 Å². The third-order valence-corrected chi connectivity index (χ3v) is 3.77. The van der Waals surface area contributed by atoms with Crippen LogP contribution in [0.2, 0.25) is 0 Å². The van der Waals surface area contributed by atoms with E-state index in [0.29, 0.717) is 29.7 Å². The molecule has 1 atom stereocenters. The normalized spacial score (nSPS) is 11.7. The molecule has 0 fully saturated rings. The van der Waals surface area contributed by atoms with Gasteiger partial charge < -0.3 is 20.5 Å². The van der Waals surface area contributed by atoms with E-state index in [4.69, 9.17) is 9.84 Å². The van der Waals surface area contributed by atoms with Gasteiger partial charge in [0.2, 0.25) is 11.8 Å². The van der Waals surface area contributed by atoms with Crippen LogP contribution in [0.15, 0.2) is 42.6 Å². The third kappa shape index (κ3) is 5.47. The number of rotatable bonds is 7. The van der Waals surface area contributed by atoms with Gasteiger partial charge in [-0.25, -0.2) is 9.78 Å². The fourth-order valence-corrected chi connectivity index (χ4v) is 2.30.